The highest BCUT2D eigenvalue weighted by molar-refractivity contribution is 6.24. The smallest absolute Gasteiger partial charge is 0.0234 e. The first kappa shape index (κ1) is 41.7. The van der Waals surface area contributed by atoms with Crippen LogP contribution in [0.2, 0.25) is 0 Å². The summed E-state index contributed by atoms with van der Waals surface area (Å²) in [5.41, 5.74) is 28.5. The highest BCUT2D eigenvalue weighted by Crippen LogP contribution is 2.67. The SMILES string of the molecule is CC(C)c1ccc(-c2c3c(c(-c4ccc(C(C)C)cc4)c4ccccc24)-c2ccc4c5c2C3=CCC5(C)c2c-4c(-c3ccc(C(C)C)cc3)c3ccccc3c2-c2ccc(C(C)C)cc2)cc1. The summed E-state index contributed by atoms with van der Waals surface area (Å²) in [5.74, 6) is 1.86. The summed E-state index contributed by atoms with van der Waals surface area (Å²) >= 11 is 0. The Bertz CT molecular complexity index is 3500. The van der Waals surface area contributed by atoms with Crippen LogP contribution in [-0.4, -0.2) is 0 Å². The molecule has 1 unspecified atom stereocenters. The van der Waals surface area contributed by atoms with Crippen molar-refractivity contribution >= 4 is 27.1 Å². The van der Waals surface area contributed by atoms with Crippen molar-refractivity contribution in [3.05, 3.63) is 208 Å². The lowest BCUT2D eigenvalue weighted by Crippen LogP contribution is -2.25. The summed E-state index contributed by atoms with van der Waals surface area (Å²) in [6, 6.07) is 61.6. The van der Waals surface area contributed by atoms with E-state index in [9.17, 15) is 0 Å². The van der Waals surface area contributed by atoms with Gasteiger partial charge in [0.1, 0.15) is 0 Å². The Labute approximate surface area is 398 Å². The zero-order valence-corrected chi connectivity index (χ0v) is 40.6. The van der Waals surface area contributed by atoms with Gasteiger partial charge in [-0.3, -0.25) is 0 Å². The zero-order chi connectivity index (χ0) is 46.0. The lowest BCUT2D eigenvalue weighted by molar-refractivity contribution is 0.592. The zero-order valence-electron chi connectivity index (χ0n) is 40.6. The Morgan fingerprint density at radius 1 is 0.313 bits per heavy atom. The molecule has 0 N–H and O–H groups in total. The van der Waals surface area contributed by atoms with E-state index in [0.29, 0.717) is 23.7 Å². The quantitative estimate of drug-likeness (QED) is 0.143. The molecule has 0 bridgehead atoms. The second-order valence-corrected chi connectivity index (χ2v) is 21.3. The molecular formula is C67H60. The highest BCUT2D eigenvalue weighted by atomic mass is 14.5. The maximum atomic E-state index is 2.65. The lowest BCUT2D eigenvalue weighted by atomic mass is 9.68. The van der Waals surface area contributed by atoms with Gasteiger partial charge in [-0.1, -0.05) is 226 Å². The summed E-state index contributed by atoms with van der Waals surface area (Å²) in [5, 5.41) is 5.27. The van der Waals surface area contributed by atoms with Crippen LogP contribution in [0.3, 0.4) is 0 Å². The van der Waals surface area contributed by atoms with Crippen molar-refractivity contribution < 1.29 is 0 Å². The maximum Gasteiger partial charge on any atom is 0.0234 e. The fourth-order valence-corrected chi connectivity index (χ4v) is 12.4. The molecule has 12 rings (SSSR count). The van der Waals surface area contributed by atoms with Gasteiger partial charge in [-0.25, -0.2) is 0 Å². The number of benzene rings is 9. The predicted octanol–water partition coefficient (Wildman–Crippen LogP) is 19.3. The van der Waals surface area contributed by atoms with Gasteiger partial charge in [0.05, 0.1) is 0 Å². The highest BCUT2D eigenvalue weighted by Gasteiger charge is 2.50. The van der Waals surface area contributed by atoms with Crippen LogP contribution >= 0.6 is 0 Å². The molecule has 0 saturated heterocycles. The first-order valence-corrected chi connectivity index (χ1v) is 24.9. The van der Waals surface area contributed by atoms with Gasteiger partial charge < -0.3 is 0 Å². The molecule has 0 aliphatic heterocycles. The second kappa shape index (κ2) is 15.4. The number of rotatable bonds is 8. The predicted molar refractivity (Wildman–Crippen MR) is 289 cm³/mol. The summed E-state index contributed by atoms with van der Waals surface area (Å²) in [6.07, 6.45) is 3.57. The number of hydrogen-bond acceptors (Lipinski definition) is 0. The van der Waals surface area contributed by atoms with E-state index in [-0.39, 0.29) is 5.41 Å². The monoisotopic (exact) mass is 864 g/mol. The van der Waals surface area contributed by atoms with E-state index in [4.69, 9.17) is 0 Å². The largest absolute Gasteiger partial charge is 0.0748 e. The van der Waals surface area contributed by atoms with Crippen LogP contribution in [-0.2, 0) is 5.41 Å². The number of fused-ring (bicyclic) bond motifs is 8. The molecule has 3 aliphatic rings. The van der Waals surface area contributed by atoms with E-state index in [1.165, 1.54) is 138 Å². The van der Waals surface area contributed by atoms with E-state index < -0.39 is 0 Å². The van der Waals surface area contributed by atoms with Crippen molar-refractivity contribution in [3.8, 4) is 66.8 Å². The third-order valence-electron chi connectivity index (χ3n) is 16.0. The van der Waals surface area contributed by atoms with Crippen molar-refractivity contribution in [2.75, 3.05) is 0 Å². The Morgan fingerprint density at radius 2 is 0.657 bits per heavy atom. The third kappa shape index (κ3) is 6.11. The topological polar surface area (TPSA) is 0 Å². The van der Waals surface area contributed by atoms with Crippen LogP contribution in [0.4, 0.5) is 0 Å². The van der Waals surface area contributed by atoms with Crippen molar-refractivity contribution in [2.45, 2.75) is 97.8 Å². The summed E-state index contributed by atoms with van der Waals surface area (Å²) < 4.78 is 0. The molecule has 0 nitrogen and oxygen atoms in total. The fraction of sp³-hybridized carbons (Fsp3) is 0.224. The number of allylic oxidation sites excluding steroid dienone is 1. The molecule has 328 valence electrons. The van der Waals surface area contributed by atoms with Crippen LogP contribution in [0.5, 0.6) is 0 Å². The van der Waals surface area contributed by atoms with Crippen molar-refractivity contribution in [2.24, 2.45) is 0 Å². The summed E-state index contributed by atoms with van der Waals surface area (Å²) in [7, 11) is 0. The Hall–Kier alpha value is -6.76. The van der Waals surface area contributed by atoms with Crippen LogP contribution in [0.1, 0.15) is 137 Å². The van der Waals surface area contributed by atoms with Crippen LogP contribution in [0.25, 0.3) is 93.9 Å². The van der Waals surface area contributed by atoms with E-state index in [1.54, 1.807) is 0 Å². The average Bonchev–Trinajstić information content (AvgIpc) is 3.81. The Balaban J connectivity index is 1.20. The van der Waals surface area contributed by atoms with Gasteiger partial charge in [0, 0.05) is 5.41 Å². The van der Waals surface area contributed by atoms with Gasteiger partial charge in [-0.15, -0.1) is 0 Å². The normalized spacial score (nSPS) is 15.6. The standard InChI is InChI=1S/C67H60/c1-38(2)42-18-26-46(27-19-42)57-50-14-10-11-15-51(50)58(47-28-20-43(21-29-47)39(3)4)63-55-36-37-67(9)65-56(35-34-54(61(55)65)62(57)63)64-59(48-30-22-44(23-31-48)40(5)6)52-16-12-13-17-53(52)60(66(64)67)49-32-24-45(25-33-49)41(7)8/h10-36,38-41H,37H2,1-9H3. The first-order valence-electron chi connectivity index (χ1n) is 24.9. The van der Waals surface area contributed by atoms with Crippen LogP contribution < -0.4 is 0 Å². The van der Waals surface area contributed by atoms with Crippen LogP contribution in [0.15, 0.2) is 164 Å². The molecule has 9 aromatic rings. The molecule has 67 heavy (non-hydrogen) atoms. The van der Waals surface area contributed by atoms with E-state index in [1.807, 2.05) is 0 Å². The van der Waals surface area contributed by atoms with E-state index in [0.717, 1.165) is 6.42 Å². The van der Waals surface area contributed by atoms with Gasteiger partial charge in [-0.05, 0) is 168 Å². The van der Waals surface area contributed by atoms with Gasteiger partial charge in [0.2, 0.25) is 0 Å². The van der Waals surface area contributed by atoms with Crippen molar-refractivity contribution in [3.63, 3.8) is 0 Å². The molecule has 0 saturated carbocycles. The van der Waals surface area contributed by atoms with Crippen molar-refractivity contribution in [1.29, 1.82) is 0 Å². The first-order chi connectivity index (χ1) is 32.4. The lowest BCUT2D eigenvalue weighted by Gasteiger charge is -2.34. The molecule has 0 amide bonds. The summed E-state index contributed by atoms with van der Waals surface area (Å²) in [6.45, 7) is 20.9. The molecule has 1 atom stereocenters. The molecule has 0 heteroatoms. The third-order valence-corrected chi connectivity index (χ3v) is 16.0. The minimum Gasteiger partial charge on any atom is -0.0748 e. The Kier molecular flexibility index (Phi) is 9.57. The molecule has 0 fully saturated rings. The molecule has 0 radical (unpaired) electrons. The van der Waals surface area contributed by atoms with Crippen LogP contribution in [0, 0.1) is 0 Å². The second-order valence-electron chi connectivity index (χ2n) is 21.3. The maximum absolute atomic E-state index is 2.65. The fourth-order valence-electron chi connectivity index (χ4n) is 12.4. The molecule has 0 spiro atoms. The van der Waals surface area contributed by atoms with Crippen molar-refractivity contribution in [1.82, 2.24) is 0 Å². The van der Waals surface area contributed by atoms with Gasteiger partial charge in [-0.2, -0.15) is 0 Å². The van der Waals surface area contributed by atoms with Gasteiger partial charge in [0.25, 0.3) is 0 Å². The average molecular weight is 865 g/mol. The Morgan fingerprint density at radius 3 is 1.06 bits per heavy atom. The van der Waals surface area contributed by atoms with E-state index in [2.05, 4.69) is 226 Å². The van der Waals surface area contributed by atoms with Gasteiger partial charge >= 0.3 is 0 Å². The molecule has 3 aliphatic carbocycles. The molecule has 0 aromatic heterocycles. The minimum atomic E-state index is -0.276. The summed E-state index contributed by atoms with van der Waals surface area (Å²) in [4.78, 5) is 0. The minimum absolute atomic E-state index is 0.276. The van der Waals surface area contributed by atoms with Gasteiger partial charge in [0.15, 0.2) is 0 Å². The molecule has 9 aromatic carbocycles. The molecule has 0 heterocycles. The molecular weight excluding hydrogens is 805 g/mol. The van der Waals surface area contributed by atoms with E-state index >= 15 is 0 Å². The number of hydrogen-bond donors (Lipinski definition) is 0.